The van der Waals surface area contributed by atoms with Gasteiger partial charge in [0.25, 0.3) is 7.82 Å². The number of aliphatic hydroxyl groups excluding tert-OH is 1. The molecular weight excluding hydrogens is 1010 g/mol. The van der Waals surface area contributed by atoms with Crippen LogP contribution in [0, 0.1) is 0 Å². The van der Waals surface area contributed by atoms with Crippen LogP contribution in [0.1, 0.15) is 219 Å². The molecule has 0 saturated carbocycles. The predicted molar refractivity (Wildman–Crippen MR) is 347 cm³/mol. The molecule has 80 heavy (non-hydrogen) atoms. The van der Waals surface area contributed by atoms with Gasteiger partial charge in [0.05, 0.1) is 39.9 Å². The molecule has 0 saturated heterocycles. The first-order valence-corrected chi connectivity index (χ1v) is 33.0. The Hall–Kier alpha value is -4.14. The molecule has 9 heteroatoms. The largest absolute Gasteiger partial charge is 0.756 e. The zero-order valence-corrected chi connectivity index (χ0v) is 52.3. The van der Waals surface area contributed by atoms with Gasteiger partial charge in [-0.15, -0.1) is 0 Å². The number of rotatable bonds is 55. The summed E-state index contributed by atoms with van der Waals surface area (Å²) in [6.07, 6.45) is 94.5. The fourth-order valence-corrected chi connectivity index (χ4v) is 8.73. The number of carbonyl (C=O) groups is 1. The minimum atomic E-state index is -4.62. The SMILES string of the molecule is CC/C=C\C/C=C\C/C=C\C/C=C\C/C=C\C/C=C\C/C=C\C/C=C\C/C=C\C/C=C\C/C=C\CCCCCCCCCC(=O)NC(COP(=O)([O-])OCC[N+](C)(C)C)C(O)/C=C/CC/C=C/CC/C=C/CCCCCCCCC. The zero-order chi connectivity index (χ0) is 58.4. The number of unbranched alkanes of at least 4 members (excludes halogenated alkanes) is 16. The highest BCUT2D eigenvalue weighted by Gasteiger charge is 2.23. The Morgan fingerprint density at radius 1 is 0.450 bits per heavy atom. The molecule has 0 heterocycles. The van der Waals surface area contributed by atoms with E-state index in [0.717, 1.165) is 128 Å². The lowest BCUT2D eigenvalue weighted by Gasteiger charge is -2.29. The van der Waals surface area contributed by atoms with Gasteiger partial charge in [-0.1, -0.05) is 255 Å². The fourth-order valence-electron chi connectivity index (χ4n) is 8.01. The number of aliphatic hydroxyl groups is 1. The molecular formula is C71H117N2O6P. The number of amides is 1. The van der Waals surface area contributed by atoms with Crippen LogP contribution in [0.15, 0.2) is 170 Å². The van der Waals surface area contributed by atoms with Crippen LogP contribution in [0.25, 0.3) is 0 Å². The normalized spacial score (nSPS) is 14.9. The van der Waals surface area contributed by atoms with Crippen LogP contribution in [0.5, 0.6) is 0 Å². The number of phosphoric ester groups is 1. The highest BCUT2D eigenvalue weighted by atomic mass is 31.2. The molecule has 0 aliphatic heterocycles. The van der Waals surface area contributed by atoms with Crippen molar-refractivity contribution < 1.29 is 32.9 Å². The van der Waals surface area contributed by atoms with E-state index in [1.165, 1.54) is 70.6 Å². The van der Waals surface area contributed by atoms with Crippen molar-refractivity contribution >= 4 is 13.7 Å². The van der Waals surface area contributed by atoms with Crippen LogP contribution in [0.4, 0.5) is 0 Å². The number of nitrogens with one attached hydrogen (secondary N) is 1. The number of nitrogens with zero attached hydrogens (tertiary/aromatic N) is 1. The minimum Gasteiger partial charge on any atom is -0.756 e. The summed E-state index contributed by atoms with van der Waals surface area (Å²) in [5.41, 5.74) is 0. The second kappa shape index (κ2) is 59.5. The molecule has 0 aromatic heterocycles. The minimum absolute atomic E-state index is 0.0202. The van der Waals surface area contributed by atoms with E-state index in [9.17, 15) is 19.4 Å². The van der Waals surface area contributed by atoms with Gasteiger partial charge in [0.2, 0.25) is 5.91 Å². The van der Waals surface area contributed by atoms with Gasteiger partial charge in [0, 0.05) is 6.42 Å². The predicted octanol–water partition coefficient (Wildman–Crippen LogP) is 19.3. The van der Waals surface area contributed by atoms with Crippen LogP contribution in [-0.2, 0) is 18.4 Å². The number of hydrogen-bond acceptors (Lipinski definition) is 6. The third-order valence-electron chi connectivity index (χ3n) is 12.9. The topological polar surface area (TPSA) is 108 Å². The monoisotopic (exact) mass is 1120 g/mol. The maximum atomic E-state index is 13.0. The quantitative estimate of drug-likeness (QED) is 0.0272. The molecule has 3 unspecified atom stereocenters. The number of phosphoric acid groups is 1. The van der Waals surface area contributed by atoms with Crippen molar-refractivity contribution in [2.45, 2.75) is 231 Å². The summed E-state index contributed by atoms with van der Waals surface area (Å²) < 4.78 is 23.3. The molecule has 8 nitrogen and oxygen atoms in total. The van der Waals surface area contributed by atoms with Crippen molar-refractivity contribution in [3.8, 4) is 0 Å². The van der Waals surface area contributed by atoms with Crippen molar-refractivity contribution in [2.24, 2.45) is 0 Å². The lowest BCUT2D eigenvalue weighted by atomic mass is 10.1. The van der Waals surface area contributed by atoms with Crippen LogP contribution < -0.4 is 10.2 Å². The number of quaternary nitrogens is 1. The Morgan fingerprint density at radius 2 is 0.775 bits per heavy atom. The van der Waals surface area contributed by atoms with E-state index in [1.807, 2.05) is 27.2 Å². The Morgan fingerprint density at radius 3 is 1.16 bits per heavy atom. The van der Waals surface area contributed by atoms with Crippen molar-refractivity contribution in [1.29, 1.82) is 0 Å². The van der Waals surface area contributed by atoms with Gasteiger partial charge in [-0.2, -0.15) is 0 Å². The lowest BCUT2D eigenvalue weighted by molar-refractivity contribution is -0.870. The number of carbonyl (C=O) groups excluding carboxylic acids is 1. The van der Waals surface area contributed by atoms with E-state index in [2.05, 4.69) is 177 Å². The molecule has 0 aliphatic rings. The first-order chi connectivity index (χ1) is 39.0. The Kier molecular flexibility index (Phi) is 56.4. The molecule has 0 aromatic carbocycles. The van der Waals surface area contributed by atoms with Gasteiger partial charge in [-0.05, 0) is 128 Å². The molecule has 0 bridgehead atoms. The summed E-state index contributed by atoms with van der Waals surface area (Å²) in [6.45, 7) is 4.47. The second-order valence-corrected chi connectivity index (χ2v) is 23.1. The van der Waals surface area contributed by atoms with Crippen LogP contribution in [0.2, 0.25) is 0 Å². The summed E-state index contributed by atoms with van der Waals surface area (Å²) in [5.74, 6) is -0.230. The highest BCUT2D eigenvalue weighted by molar-refractivity contribution is 7.45. The molecule has 0 spiro atoms. The van der Waals surface area contributed by atoms with Gasteiger partial charge in [-0.3, -0.25) is 9.36 Å². The lowest BCUT2D eigenvalue weighted by Crippen LogP contribution is -2.45. The standard InChI is InChI=1S/C71H117N2O6P/c1-6-8-10-12-14-16-18-20-22-24-25-26-27-28-29-30-31-32-33-34-35-36-37-38-39-40-41-42-43-44-45-46-47-49-51-53-55-57-59-61-63-65-71(75)72-69(68-79-80(76,77)78-67-66-73(3,4)5)70(74)64-62-60-58-56-54-52-50-48-23-21-19-17-15-13-11-9-7-2/h8,10,14,16,20,22-23,25-26,28-29,31-32,34-35,37-38,40-41,43-44,46-48,54,56,62,64,69-70,74H,6-7,9,11-13,15,17-19,21,24,27,30,33,36,39,42,45,49-53,55,57-61,63,65-68H2,1-5H3,(H-,72,75,76,77)/b10-8-,16-14-,22-20-,26-25-,29-28-,32-31-,35-34-,38-37-,41-40-,44-43-,47-46-,48-23+,56-54+,64-62+. The first-order valence-electron chi connectivity index (χ1n) is 31.5. The van der Waals surface area contributed by atoms with Crippen LogP contribution in [0.3, 0.4) is 0 Å². The first kappa shape index (κ1) is 75.9. The Bertz CT molecular complexity index is 1900. The molecule has 0 aromatic rings. The van der Waals surface area contributed by atoms with E-state index in [0.29, 0.717) is 17.4 Å². The average molecular weight is 1130 g/mol. The molecule has 3 atom stereocenters. The summed E-state index contributed by atoms with van der Waals surface area (Å²) >= 11 is 0. The molecule has 2 N–H and O–H groups in total. The van der Waals surface area contributed by atoms with Crippen molar-refractivity contribution in [3.63, 3.8) is 0 Å². The van der Waals surface area contributed by atoms with Gasteiger partial charge in [-0.25, -0.2) is 0 Å². The highest BCUT2D eigenvalue weighted by Crippen LogP contribution is 2.38. The number of likely N-dealkylation sites (N-methyl/N-ethyl adjacent to an activating group) is 1. The summed E-state index contributed by atoms with van der Waals surface area (Å²) in [7, 11) is 1.20. The smallest absolute Gasteiger partial charge is 0.268 e. The van der Waals surface area contributed by atoms with Gasteiger partial charge >= 0.3 is 0 Å². The second-order valence-electron chi connectivity index (χ2n) is 21.7. The summed E-state index contributed by atoms with van der Waals surface area (Å²) in [6, 6.07) is -0.929. The van der Waals surface area contributed by atoms with E-state index in [1.54, 1.807) is 6.08 Å². The van der Waals surface area contributed by atoms with Crippen LogP contribution >= 0.6 is 7.82 Å². The zero-order valence-electron chi connectivity index (χ0n) is 51.5. The molecule has 452 valence electrons. The Balaban J connectivity index is 4.21. The van der Waals surface area contributed by atoms with E-state index < -0.39 is 26.6 Å². The number of hydrogen-bond donors (Lipinski definition) is 2. The average Bonchev–Trinajstić information content (AvgIpc) is 3.42. The summed E-state index contributed by atoms with van der Waals surface area (Å²) in [4.78, 5) is 25.5. The molecule has 0 aliphatic carbocycles. The van der Waals surface area contributed by atoms with Gasteiger partial charge in [0.1, 0.15) is 13.2 Å². The van der Waals surface area contributed by atoms with Crippen molar-refractivity contribution in [3.05, 3.63) is 170 Å². The fraction of sp³-hybridized carbons (Fsp3) is 0.592. The molecule has 0 fully saturated rings. The maximum Gasteiger partial charge on any atom is 0.268 e. The third-order valence-corrected chi connectivity index (χ3v) is 13.9. The van der Waals surface area contributed by atoms with Crippen molar-refractivity contribution in [2.75, 3.05) is 40.9 Å². The van der Waals surface area contributed by atoms with Crippen molar-refractivity contribution in [1.82, 2.24) is 5.32 Å². The van der Waals surface area contributed by atoms with Crippen LogP contribution in [-0.4, -0.2) is 68.5 Å². The van der Waals surface area contributed by atoms with Gasteiger partial charge in [0.15, 0.2) is 0 Å². The summed E-state index contributed by atoms with van der Waals surface area (Å²) in [5, 5.41) is 13.8. The maximum absolute atomic E-state index is 13.0. The third kappa shape index (κ3) is 61.5. The number of allylic oxidation sites excluding steroid dienone is 27. The Labute approximate surface area is 492 Å². The molecule has 1 amide bonds. The van der Waals surface area contributed by atoms with E-state index in [4.69, 9.17) is 9.05 Å². The molecule has 0 radical (unpaired) electrons. The van der Waals surface area contributed by atoms with E-state index in [-0.39, 0.29) is 12.5 Å². The van der Waals surface area contributed by atoms with Gasteiger partial charge < -0.3 is 28.8 Å². The molecule has 0 rings (SSSR count). The van der Waals surface area contributed by atoms with E-state index >= 15 is 0 Å².